The summed E-state index contributed by atoms with van der Waals surface area (Å²) in [7, 11) is -1.37. The molecule has 1 N–H and O–H groups in total. The predicted octanol–water partition coefficient (Wildman–Crippen LogP) is 1.28. The zero-order valence-corrected chi connectivity index (χ0v) is 13.0. The van der Waals surface area contributed by atoms with Gasteiger partial charge in [-0.1, -0.05) is 18.2 Å². The highest BCUT2D eigenvalue weighted by molar-refractivity contribution is 7.85. The van der Waals surface area contributed by atoms with E-state index in [0.29, 0.717) is 17.6 Å². The summed E-state index contributed by atoms with van der Waals surface area (Å²) in [5, 5.41) is 13.6. The molecule has 0 bridgehead atoms. The van der Waals surface area contributed by atoms with Gasteiger partial charge in [0, 0.05) is 16.5 Å². The van der Waals surface area contributed by atoms with Crippen LogP contribution in [0.15, 0.2) is 30.3 Å². The number of benzene rings is 1. The van der Waals surface area contributed by atoms with Crippen molar-refractivity contribution >= 4 is 22.4 Å². The fraction of sp³-hybridized carbons (Fsp3) is 0.429. The van der Waals surface area contributed by atoms with Gasteiger partial charge in [-0.05, 0) is 42.3 Å². The minimum atomic E-state index is -1.37. The van der Waals surface area contributed by atoms with Gasteiger partial charge in [0.25, 0.3) is 0 Å². The van der Waals surface area contributed by atoms with Gasteiger partial charge >= 0.3 is 0 Å². The molecule has 2 aromatic rings. The number of anilines is 1. The van der Waals surface area contributed by atoms with Crippen molar-refractivity contribution in [2.24, 2.45) is 0 Å². The van der Waals surface area contributed by atoms with E-state index in [4.69, 9.17) is 0 Å². The smallest absolute Gasteiger partial charge is 0.239 e. The highest BCUT2D eigenvalue weighted by Crippen LogP contribution is 2.34. The molecule has 22 heavy (non-hydrogen) atoms. The van der Waals surface area contributed by atoms with Crippen molar-refractivity contribution in [2.45, 2.75) is 36.8 Å². The van der Waals surface area contributed by atoms with Gasteiger partial charge in [-0.3, -0.25) is 9.00 Å². The third-order valence-corrected chi connectivity index (χ3v) is 5.08. The molecule has 1 aromatic carbocycles. The fourth-order valence-corrected chi connectivity index (χ4v) is 3.04. The molecule has 1 heterocycles. The molecule has 2 atom stereocenters. The van der Waals surface area contributed by atoms with Crippen LogP contribution in [0, 0.1) is 0 Å². The predicted molar refractivity (Wildman–Crippen MR) is 82.5 cm³/mol. The Hall–Kier alpha value is -2.09. The molecule has 116 valence electrons. The van der Waals surface area contributed by atoms with Crippen molar-refractivity contribution < 1.29 is 9.00 Å². The molecule has 1 saturated carbocycles. The first-order chi connectivity index (χ1) is 10.6. The Bertz CT molecular complexity index is 684. The van der Waals surface area contributed by atoms with Crippen LogP contribution in [-0.4, -0.2) is 35.6 Å². The monoisotopic (exact) mass is 319 g/mol. The number of aromatic nitrogens is 4. The van der Waals surface area contributed by atoms with E-state index in [1.165, 1.54) is 0 Å². The lowest BCUT2D eigenvalue weighted by Crippen LogP contribution is -2.30. The molecule has 0 radical (unpaired) electrons. The number of hydrogen-bond donors (Lipinski definition) is 1. The van der Waals surface area contributed by atoms with Gasteiger partial charge in [0.05, 0.1) is 11.8 Å². The number of carbonyl (C=O) groups is 1. The molecule has 1 aliphatic carbocycles. The minimum Gasteiger partial charge on any atom is -0.325 e. The van der Waals surface area contributed by atoms with Crippen molar-refractivity contribution in [3.63, 3.8) is 0 Å². The van der Waals surface area contributed by atoms with E-state index in [-0.39, 0.29) is 11.7 Å². The Balaban J connectivity index is 1.61. The van der Waals surface area contributed by atoms with Gasteiger partial charge < -0.3 is 5.32 Å². The number of hydrogen-bond acceptors (Lipinski definition) is 5. The molecular weight excluding hydrogens is 302 g/mol. The minimum absolute atomic E-state index is 0.187. The van der Waals surface area contributed by atoms with E-state index in [1.54, 1.807) is 23.7 Å². The SMILES string of the molecule is CC(C(=O)Nc1ccccc1)S(=O)Cc1nnnn1C1CC1. The number of amides is 1. The topological polar surface area (TPSA) is 89.8 Å². The standard InChI is InChI=1S/C14H17N5O2S/c1-10(14(20)15-11-5-3-2-4-6-11)22(21)9-13-16-17-18-19(13)12-7-8-12/h2-6,10,12H,7-9H2,1H3,(H,15,20). The van der Waals surface area contributed by atoms with Crippen molar-refractivity contribution in [1.82, 2.24) is 20.2 Å². The zero-order valence-electron chi connectivity index (χ0n) is 12.2. The number of tetrazole rings is 1. The Labute approximate surface area is 130 Å². The van der Waals surface area contributed by atoms with Gasteiger partial charge in [-0.15, -0.1) is 5.10 Å². The van der Waals surface area contributed by atoms with E-state index in [2.05, 4.69) is 20.8 Å². The molecule has 1 fully saturated rings. The maximum Gasteiger partial charge on any atom is 0.239 e. The number of nitrogens with one attached hydrogen (secondary N) is 1. The Morgan fingerprint density at radius 3 is 2.82 bits per heavy atom. The molecule has 1 aromatic heterocycles. The third kappa shape index (κ3) is 3.38. The highest BCUT2D eigenvalue weighted by atomic mass is 32.2. The Kier molecular flexibility index (Phi) is 4.28. The van der Waals surface area contributed by atoms with Gasteiger partial charge in [0.15, 0.2) is 5.82 Å². The summed E-state index contributed by atoms with van der Waals surface area (Å²) < 4.78 is 14.1. The van der Waals surface area contributed by atoms with Crippen LogP contribution in [0.1, 0.15) is 31.6 Å². The first-order valence-corrected chi connectivity index (χ1v) is 8.53. The maximum absolute atomic E-state index is 12.4. The summed E-state index contributed by atoms with van der Waals surface area (Å²) in [5.74, 6) is 0.502. The number of para-hydroxylation sites is 1. The van der Waals surface area contributed by atoms with E-state index < -0.39 is 16.0 Å². The first kappa shape index (κ1) is 14.8. The van der Waals surface area contributed by atoms with Crippen LogP contribution in [0.2, 0.25) is 0 Å². The molecule has 0 saturated heterocycles. The van der Waals surface area contributed by atoms with Crippen LogP contribution < -0.4 is 5.32 Å². The lowest BCUT2D eigenvalue weighted by molar-refractivity contribution is -0.115. The third-order valence-electron chi connectivity index (χ3n) is 3.53. The van der Waals surface area contributed by atoms with Crippen LogP contribution in [0.3, 0.4) is 0 Å². The summed E-state index contributed by atoms with van der Waals surface area (Å²) in [6.45, 7) is 1.65. The maximum atomic E-state index is 12.4. The molecule has 0 aliphatic heterocycles. The summed E-state index contributed by atoms with van der Waals surface area (Å²) in [6, 6.07) is 9.45. The molecule has 8 heteroatoms. The first-order valence-electron chi connectivity index (χ1n) is 7.15. The van der Waals surface area contributed by atoms with Gasteiger partial charge in [-0.2, -0.15) is 0 Å². The lowest BCUT2D eigenvalue weighted by atomic mass is 10.3. The number of carbonyl (C=O) groups excluding carboxylic acids is 1. The summed E-state index contributed by atoms with van der Waals surface area (Å²) in [5.41, 5.74) is 0.694. The highest BCUT2D eigenvalue weighted by Gasteiger charge is 2.29. The Morgan fingerprint density at radius 2 is 2.14 bits per heavy atom. The summed E-state index contributed by atoms with van der Waals surface area (Å²) >= 11 is 0. The lowest BCUT2D eigenvalue weighted by Gasteiger charge is -2.12. The summed E-state index contributed by atoms with van der Waals surface area (Å²) in [4.78, 5) is 12.2. The quantitative estimate of drug-likeness (QED) is 0.866. The van der Waals surface area contributed by atoms with Crippen molar-refractivity contribution in [1.29, 1.82) is 0 Å². The second-order valence-electron chi connectivity index (χ2n) is 5.29. The molecule has 7 nitrogen and oxygen atoms in total. The molecule has 1 amide bonds. The van der Waals surface area contributed by atoms with E-state index in [9.17, 15) is 9.00 Å². The fourth-order valence-electron chi connectivity index (χ4n) is 2.05. The number of nitrogens with zero attached hydrogens (tertiary/aromatic N) is 4. The second kappa shape index (κ2) is 6.35. The average Bonchev–Trinajstić information content (AvgIpc) is 3.27. The van der Waals surface area contributed by atoms with E-state index >= 15 is 0 Å². The number of rotatable bonds is 6. The van der Waals surface area contributed by atoms with Crippen LogP contribution in [0.25, 0.3) is 0 Å². The van der Waals surface area contributed by atoms with Crippen molar-refractivity contribution in [3.8, 4) is 0 Å². The zero-order chi connectivity index (χ0) is 15.5. The normalized spacial score (nSPS) is 17.0. The van der Waals surface area contributed by atoms with Crippen LogP contribution in [-0.2, 0) is 21.3 Å². The molecule has 1 aliphatic rings. The van der Waals surface area contributed by atoms with E-state index in [1.807, 2.05) is 18.2 Å². The molecule has 3 rings (SSSR count). The average molecular weight is 319 g/mol. The van der Waals surface area contributed by atoms with Crippen molar-refractivity contribution in [2.75, 3.05) is 5.32 Å². The largest absolute Gasteiger partial charge is 0.325 e. The van der Waals surface area contributed by atoms with Crippen molar-refractivity contribution in [3.05, 3.63) is 36.2 Å². The van der Waals surface area contributed by atoms with Crippen LogP contribution in [0.4, 0.5) is 5.69 Å². The summed E-state index contributed by atoms with van der Waals surface area (Å²) in [6.07, 6.45) is 2.10. The van der Waals surface area contributed by atoms with E-state index in [0.717, 1.165) is 12.8 Å². The van der Waals surface area contributed by atoms with Gasteiger partial charge in [-0.25, -0.2) is 4.68 Å². The van der Waals surface area contributed by atoms with Crippen LogP contribution in [0.5, 0.6) is 0 Å². The molecule has 0 spiro atoms. The van der Waals surface area contributed by atoms with Gasteiger partial charge in [0.1, 0.15) is 5.25 Å². The molecular formula is C14H17N5O2S. The molecule has 2 unspecified atom stereocenters. The van der Waals surface area contributed by atoms with Crippen LogP contribution >= 0.6 is 0 Å². The Morgan fingerprint density at radius 1 is 1.41 bits per heavy atom. The second-order valence-corrected chi connectivity index (χ2v) is 7.05. The van der Waals surface area contributed by atoms with Gasteiger partial charge in [0.2, 0.25) is 5.91 Å².